The highest BCUT2D eigenvalue weighted by molar-refractivity contribution is 6.00. The molecule has 0 atom stereocenters. The quantitative estimate of drug-likeness (QED) is 0.565. The third kappa shape index (κ3) is 2.79. The van der Waals surface area contributed by atoms with Crippen LogP contribution in [0.15, 0.2) is 36.5 Å². The van der Waals surface area contributed by atoms with Crippen LogP contribution in [0.1, 0.15) is 6.42 Å². The topological polar surface area (TPSA) is 71.4 Å². The van der Waals surface area contributed by atoms with Gasteiger partial charge in [-0.2, -0.15) is 4.98 Å². The van der Waals surface area contributed by atoms with Crippen molar-refractivity contribution >= 4 is 27.5 Å². The molecule has 0 spiro atoms. The van der Waals surface area contributed by atoms with Crippen LogP contribution < -0.4 is 9.64 Å². The number of anilines is 1. The van der Waals surface area contributed by atoms with E-state index < -0.39 is 11.6 Å². The van der Waals surface area contributed by atoms with Crippen LogP contribution in [0, 0.1) is 11.6 Å². The van der Waals surface area contributed by atoms with E-state index in [4.69, 9.17) is 9.72 Å². The van der Waals surface area contributed by atoms with Crippen LogP contribution >= 0.6 is 0 Å². The van der Waals surface area contributed by atoms with Gasteiger partial charge in [0.25, 0.3) is 0 Å². The third-order valence-corrected chi connectivity index (χ3v) is 5.14. The van der Waals surface area contributed by atoms with E-state index in [1.165, 1.54) is 25.3 Å². The lowest BCUT2D eigenvalue weighted by molar-refractivity contribution is 0.382. The molecule has 0 unspecified atom stereocenters. The molecule has 0 radical (unpaired) electrons. The maximum atomic E-state index is 14.7. The predicted molar refractivity (Wildman–Crippen MR) is 105 cm³/mol. The fraction of sp³-hybridized carbons (Fsp3) is 0.190. The summed E-state index contributed by atoms with van der Waals surface area (Å²) in [6, 6.07) is 7.11. The summed E-state index contributed by atoms with van der Waals surface area (Å²) in [7, 11) is 1.47. The number of aromatic hydroxyl groups is 1. The maximum absolute atomic E-state index is 14.7. The smallest absolute Gasteiger partial charge is 0.316 e. The Bertz CT molecular complexity index is 1270. The average molecular weight is 394 g/mol. The van der Waals surface area contributed by atoms with Crippen LogP contribution in [0.5, 0.6) is 11.8 Å². The highest BCUT2D eigenvalue weighted by Gasteiger charge is 2.22. The number of benzene rings is 2. The van der Waals surface area contributed by atoms with E-state index in [0.29, 0.717) is 28.0 Å². The molecule has 1 saturated heterocycles. The van der Waals surface area contributed by atoms with Gasteiger partial charge in [0, 0.05) is 30.2 Å². The molecular weight excluding hydrogens is 378 g/mol. The second-order valence-electron chi connectivity index (χ2n) is 6.91. The number of methoxy groups -OCH3 is 1. The lowest BCUT2D eigenvalue weighted by Crippen LogP contribution is -2.37. The lowest BCUT2D eigenvalue weighted by Gasteiger charge is -2.33. The van der Waals surface area contributed by atoms with E-state index in [1.807, 2.05) is 0 Å². The fourth-order valence-corrected chi connectivity index (χ4v) is 3.58. The number of phenolic OH excluding ortho intramolecular Hbond substituents is 1. The van der Waals surface area contributed by atoms with Gasteiger partial charge in [-0.3, -0.25) is 0 Å². The Hall–Kier alpha value is -3.55. The Kier molecular flexibility index (Phi) is 3.94. The molecule has 4 aromatic rings. The van der Waals surface area contributed by atoms with Crippen molar-refractivity contribution in [3.8, 4) is 23.0 Å². The van der Waals surface area contributed by atoms with Gasteiger partial charge < -0.3 is 14.7 Å². The minimum Gasteiger partial charge on any atom is -0.508 e. The van der Waals surface area contributed by atoms with Crippen molar-refractivity contribution in [2.24, 2.45) is 0 Å². The third-order valence-electron chi connectivity index (χ3n) is 5.14. The molecule has 0 amide bonds. The zero-order valence-electron chi connectivity index (χ0n) is 15.5. The molecule has 8 heteroatoms. The predicted octanol–water partition coefficient (Wildman–Crippen LogP) is 4.05. The molecule has 1 fully saturated rings. The van der Waals surface area contributed by atoms with E-state index in [1.54, 1.807) is 12.3 Å². The molecule has 0 aliphatic carbocycles. The summed E-state index contributed by atoms with van der Waals surface area (Å²) < 4.78 is 33.8. The summed E-state index contributed by atoms with van der Waals surface area (Å²) in [6.07, 6.45) is 2.69. The second kappa shape index (κ2) is 6.51. The van der Waals surface area contributed by atoms with Crippen LogP contribution in [-0.2, 0) is 0 Å². The van der Waals surface area contributed by atoms with Crippen LogP contribution in [0.2, 0.25) is 0 Å². The Balaban J connectivity index is 1.84. The van der Waals surface area contributed by atoms with E-state index in [2.05, 4.69) is 14.9 Å². The number of rotatable bonds is 3. The molecule has 1 aliphatic rings. The van der Waals surface area contributed by atoms with E-state index in [0.717, 1.165) is 31.0 Å². The van der Waals surface area contributed by atoms with E-state index in [-0.39, 0.29) is 17.1 Å². The summed E-state index contributed by atoms with van der Waals surface area (Å²) >= 11 is 0. The molecule has 29 heavy (non-hydrogen) atoms. The largest absolute Gasteiger partial charge is 0.508 e. The zero-order chi connectivity index (χ0) is 20.1. The SMILES string of the molecule is COc1ncc2c(N3CCC3)nc(-c3cc(O)cc4ccc(F)c(F)c34)cc2n1. The lowest BCUT2D eigenvalue weighted by atomic mass is 9.99. The van der Waals surface area contributed by atoms with Gasteiger partial charge in [0.05, 0.1) is 23.7 Å². The van der Waals surface area contributed by atoms with E-state index in [9.17, 15) is 13.9 Å². The summed E-state index contributed by atoms with van der Waals surface area (Å²) in [5.74, 6) is -1.34. The Morgan fingerprint density at radius 2 is 1.93 bits per heavy atom. The average Bonchev–Trinajstić information content (AvgIpc) is 2.68. The Labute approximate surface area is 164 Å². The Morgan fingerprint density at radius 1 is 1.10 bits per heavy atom. The van der Waals surface area contributed by atoms with Gasteiger partial charge in [0.2, 0.25) is 0 Å². The molecule has 0 bridgehead atoms. The first kappa shape index (κ1) is 17.5. The molecule has 3 heterocycles. The second-order valence-corrected chi connectivity index (χ2v) is 6.91. The number of hydrogen-bond acceptors (Lipinski definition) is 6. The van der Waals surface area contributed by atoms with Crippen LogP contribution in [0.3, 0.4) is 0 Å². The van der Waals surface area contributed by atoms with Crippen LogP contribution in [0.25, 0.3) is 32.9 Å². The van der Waals surface area contributed by atoms with Gasteiger partial charge in [0.15, 0.2) is 11.6 Å². The number of phenols is 1. The first-order chi connectivity index (χ1) is 14.0. The van der Waals surface area contributed by atoms with Gasteiger partial charge in [-0.1, -0.05) is 6.07 Å². The van der Waals surface area contributed by atoms with Gasteiger partial charge in [0.1, 0.15) is 11.6 Å². The van der Waals surface area contributed by atoms with Crippen molar-refractivity contribution in [3.63, 3.8) is 0 Å². The first-order valence-corrected chi connectivity index (χ1v) is 9.13. The minimum absolute atomic E-state index is 0.0604. The summed E-state index contributed by atoms with van der Waals surface area (Å²) in [4.78, 5) is 15.4. The van der Waals surface area contributed by atoms with Crippen LogP contribution in [-0.4, -0.2) is 40.3 Å². The van der Waals surface area contributed by atoms with Crippen LogP contribution in [0.4, 0.5) is 14.6 Å². The molecule has 146 valence electrons. The zero-order valence-corrected chi connectivity index (χ0v) is 15.5. The standard InChI is InChI=1S/C21H16F2N4O2/c1-29-21-24-10-14-17(26-21)9-16(25-20(14)27-5-2-6-27)13-8-12(28)7-11-3-4-15(22)19(23)18(11)13/h3-4,7-10,28H,2,5-6H2,1H3. The number of fused-ring (bicyclic) bond motifs is 2. The number of nitrogens with zero attached hydrogens (tertiary/aromatic N) is 4. The summed E-state index contributed by atoms with van der Waals surface area (Å²) in [6.45, 7) is 1.67. The highest BCUT2D eigenvalue weighted by atomic mass is 19.2. The number of pyridine rings is 1. The van der Waals surface area contributed by atoms with Gasteiger partial charge in [-0.05, 0) is 36.1 Å². The molecule has 5 rings (SSSR count). The first-order valence-electron chi connectivity index (χ1n) is 9.13. The van der Waals surface area contributed by atoms with E-state index >= 15 is 0 Å². The number of ether oxygens (including phenoxy) is 1. The fourth-order valence-electron chi connectivity index (χ4n) is 3.58. The normalized spacial score (nSPS) is 13.7. The van der Waals surface area contributed by atoms with Crippen molar-refractivity contribution < 1.29 is 18.6 Å². The molecular formula is C21H16F2N4O2. The van der Waals surface area contributed by atoms with Gasteiger partial charge >= 0.3 is 6.01 Å². The molecule has 1 aliphatic heterocycles. The van der Waals surface area contributed by atoms with Gasteiger partial charge in [-0.15, -0.1) is 0 Å². The van der Waals surface area contributed by atoms with Crippen molar-refractivity contribution in [1.82, 2.24) is 15.0 Å². The Morgan fingerprint density at radius 3 is 2.66 bits per heavy atom. The van der Waals surface area contributed by atoms with Crippen molar-refractivity contribution in [1.29, 1.82) is 0 Å². The number of halogens is 2. The number of aromatic nitrogens is 3. The van der Waals surface area contributed by atoms with Gasteiger partial charge in [-0.25, -0.2) is 18.7 Å². The monoisotopic (exact) mass is 394 g/mol. The molecule has 1 N–H and O–H groups in total. The summed E-state index contributed by atoms with van der Waals surface area (Å²) in [5, 5.41) is 11.3. The summed E-state index contributed by atoms with van der Waals surface area (Å²) in [5.41, 5.74) is 1.24. The molecule has 6 nitrogen and oxygen atoms in total. The highest BCUT2D eigenvalue weighted by Crippen LogP contribution is 2.37. The number of hydrogen-bond donors (Lipinski definition) is 1. The van der Waals surface area contributed by atoms with Crippen molar-refractivity contribution in [2.45, 2.75) is 6.42 Å². The van der Waals surface area contributed by atoms with Crippen molar-refractivity contribution in [3.05, 3.63) is 48.2 Å². The minimum atomic E-state index is -0.981. The van der Waals surface area contributed by atoms with Crippen molar-refractivity contribution in [2.75, 3.05) is 25.1 Å². The molecule has 2 aromatic heterocycles. The maximum Gasteiger partial charge on any atom is 0.316 e. The molecule has 0 saturated carbocycles. The molecule has 2 aromatic carbocycles.